The van der Waals surface area contributed by atoms with Crippen molar-refractivity contribution in [3.63, 3.8) is 0 Å². The number of carbonyl (C=O) groups is 1. The zero-order chi connectivity index (χ0) is 19.1. The fourth-order valence-corrected chi connectivity index (χ4v) is 3.93. The number of likely N-dealkylation sites (tertiary alicyclic amines) is 1. The molecule has 0 saturated carbocycles. The van der Waals surface area contributed by atoms with Gasteiger partial charge in [0.15, 0.2) is 0 Å². The molecule has 142 valence electrons. The van der Waals surface area contributed by atoms with Crippen LogP contribution in [0.15, 0.2) is 23.2 Å². The zero-order valence-electron chi connectivity index (χ0n) is 16.1. The van der Waals surface area contributed by atoms with Crippen molar-refractivity contribution in [3.05, 3.63) is 35.6 Å². The number of aromatic nitrogens is 4. The molecule has 4 rings (SSSR count). The number of fused-ring (bicyclic) bond motifs is 1. The van der Waals surface area contributed by atoms with Gasteiger partial charge in [0, 0.05) is 26.3 Å². The number of amides is 1. The highest BCUT2D eigenvalue weighted by Gasteiger charge is 2.34. The summed E-state index contributed by atoms with van der Waals surface area (Å²) in [5, 5.41) is 4.77. The maximum atomic E-state index is 12.9. The zero-order valence-corrected chi connectivity index (χ0v) is 16.1. The van der Waals surface area contributed by atoms with Crippen LogP contribution in [0.3, 0.4) is 0 Å². The lowest BCUT2D eigenvalue weighted by molar-refractivity contribution is 0.0668. The molecule has 8 nitrogen and oxygen atoms in total. The first-order valence-electron chi connectivity index (χ1n) is 9.19. The van der Waals surface area contributed by atoms with Gasteiger partial charge >= 0.3 is 0 Å². The monoisotopic (exact) mass is 368 g/mol. The number of carbonyl (C=O) groups excluding carboxylic acids is 1. The summed E-state index contributed by atoms with van der Waals surface area (Å²) in [6.45, 7) is 7.42. The molecule has 0 bridgehead atoms. The summed E-state index contributed by atoms with van der Waals surface area (Å²) in [6, 6.07) is 0.162. The van der Waals surface area contributed by atoms with Gasteiger partial charge in [-0.05, 0) is 31.7 Å². The number of hydrogen-bond acceptors (Lipinski definition) is 6. The number of likely N-dealkylation sites (N-methyl/N-ethyl adjacent to an activating group) is 1. The first kappa shape index (κ1) is 17.5. The number of H-pyrrole nitrogens is 1. The van der Waals surface area contributed by atoms with Gasteiger partial charge < -0.3 is 19.3 Å². The van der Waals surface area contributed by atoms with Gasteiger partial charge in [0.25, 0.3) is 5.91 Å². The van der Waals surface area contributed by atoms with Crippen LogP contribution in [0.2, 0.25) is 0 Å². The second-order valence-electron chi connectivity index (χ2n) is 7.38. The molecule has 1 aliphatic heterocycles. The van der Waals surface area contributed by atoms with Crippen molar-refractivity contribution in [1.29, 1.82) is 0 Å². The summed E-state index contributed by atoms with van der Waals surface area (Å²) >= 11 is 0. The molecule has 1 amide bonds. The maximum absolute atomic E-state index is 12.9. The SMILES string of the molecule is Cc1oncc1C(=O)N1CC[C@@H](C)[C@@H](N(C)c2ncnc3[nH]cc(C)c23)C1. The van der Waals surface area contributed by atoms with Crippen molar-refractivity contribution in [2.45, 2.75) is 33.2 Å². The quantitative estimate of drug-likeness (QED) is 0.764. The minimum absolute atomic E-state index is 0.0234. The fraction of sp³-hybridized carbons (Fsp3) is 0.474. The first-order valence-corrected chi connectivity index (χ1v) is 9.19. The van der Waals surface area contributed by atoms with Crippen LogP contribution in [0.25, 0.3) is 11.0 Å². The molecular weight excluding hydrogens is 344 g/mol. The summed E-state index contributed by atoms with van der Waals surface area (Å²) < 4.78 is 5.07. The fourth-order valence-electron chi connectivity index (χ4n) is 3.93. The van der Waals surface area contributed by atoms with E-state index < -0.39 is 0 Å². The van der Waals surface area contributed by atoms with Gasteiger partial charge in [-0.2, -0.15) is 0 Å². The second kappa shape index (κ2) is 6.68. The van der Waals surface area contributed by atoms with Crippen molar-refractivity contribution in [3.8, 4) is 0 Å². The van der Waals surface area contributed by atoms with Crippen LogP contribution >= 0.6 is 0 Å². The van der Waals surface area contributed by atoms with Gasteiger partial charge in [-0.15, -0.1) is 0 Å². The molecule has 0 spiro atoms. The Kier molecular flexibility index (Phi) is 4.33. The number of anilines is 1. The van der Waals surface area contributed by atoms with Crippen LogP contribution in [-0.4, -0.2) is 57.1 Å². The van der Waals surface area contributed by atoms with Crippen molar-refractivity contribution in [2.24, 2.45) is 5.92 Å². The number of aromatic amines is 1. The predicted octanol–water partition coefficient (Wildman–Crippen LogP) is 2.55. The molecule has 27 heavy (non-hydrogen) atoms. The van der Waals surface area contributed by atoms with E-state index in [1.807, 2.05) is 25.1 Å². The van der Waals surface area contributed by atoms with Gasteiger partial charge in [-0.3, -0.25) is 4.79 Å². The van der Waals surface area contributed by atoms with E-state index in [0.29, 0.717) is 23.8 Å². The van der Waals surface area contributed by atoms with E-state index in [0.717, 1.165) is 35.4 Å². The number of nitrogens with one attached hydrogen (secondary N) is 1. The van der Waals surface area contributed by atoms with Gasteiger partial charge in [-0.25, -0.2) is 9.97 Å². The Balaban J connectivity index is 1.62. The van der Waals surface area contributed by atoms with Crippen molar-refractivity contribution >= 4 is 22.8 Å². The smallest absolute Gasteiger partial charge is 0.259 e. The largest absolute Gasteiger partial charge is 0.361 e. The van der Waals surface area contributed by atoms with Crippen LogP contribution in [-0.2, 0) is 0 Å². The van der Waals surface area contributed by atoms with Gasteiger partial charge in [0.1, 0.15) is 29.1 Å². The number of hydrogen-bond donors (Lipinski definition) is 1. The van der Waals surface area contributed by atoms with E-state index >= 15 is 0 Å². The third kappa shape index (κ3) is 2.94. The molecule has 1 N–H and O–H groups in total. The number of aryl methyl sites for hydroxylation is 2. The highest BCUT2D eigenvalue weighted by atomic mass is 16.5. The molecule has 0 unspecified atom stereocenters. The average Bonchev–Trinajstić information content (AvgIpc) is 3.27. The molecule has 1 fully saturated rings. The minimum Gasteiger partial charge on any atom is -0.361 e. The average molecular weight is 368 g/mol. The molecule has 3 aromatic rings. The molecule has 3 aromatic heterocycles. The highest BCUT2D eigenvalue weighted by molar-refractivity contribution is 5.95. The van der Waals surface area contributed by atoms with Crippen LogP contribution in [0.4, 0.5) is 5.82 Å². The molecular formula is C19H24N6O2. The lowest BCUT2D eigenvalue weighted by atomic mass is 9.91. The Bertz CT molecular complexity index is 978. The maximum Gasteiger partial charge on any atom is 0.259 e. The molecule has 0 aliphatic carbocycles. The highest BCUT2D eigenvalue weighted by Crippen LogP contribution is 2.31. The summed E-state index contributed by atoms with van der Waals surface area (Å²) in [5.41, 5.74) is 2.49. The van der Waals surface area contributed by atoms with Crippen molar-refractivity contribution in [1.82, 2.24) is 25.0 Å². The van der Waals surface area contributed by atoms with Crippen LogP contribution in [0, 0.1) is 19.8 Å². The third-order valence-electron chi connectivity index (χ3n) is 5.67. The topological polar surface area (TPSA) is 91.2 Å². The molecule has 4 heterocycles. The Hall–Kier alpha value is -2.90. The van der Waals surface area contributed by atoms with Gasteiger partial charge in [-0.1, -0.05) is 12.1 Å². The van der Waals surface area contributed by atoms with Crippen LogP contribution < -0.4 is 4.90 Å². The summed E-state index contributed by atoms with van der Waals surface area (Å²) in [5.74, 6) is 1.87. The standard InChI is InChI=1S/C19H24N6O2/c1-11-5-6-25(19(26)14-8-23-27-13(14)3)9-15(11)24(4)18-16-12(2)7-20-17(16)21-10-22-18/h7-8,10-11,15H,5-6,9H2,1-4H3,(H,20,21,22)/t11-,15+/m1/s1. The summed E-state index contributed by atoms with van der Waals surface area (Å²) in [4.78, 5) is 29.0. The second-order valence-corrected chi connectivity index (χ2v) is 7.38. The number of piperidine rings is 1. The molecule has 1 aliphatic rings. The van der Waals surface area contributed by atoms with E-state index in [9.17, 15) is 4.79 Å². The molecule has 0 aromatic carbocycles. The van der Waals surface area contributed by atoms with E-state index in [4.69, 9.17) is 4.52 Å². The van der Waals surface area contributed by atoms with Gasteiger partial charge in [0.2, 0.25) is 0 Å². The van der Waals surface area contributed by atoms with Gasteiger partial charge in [0.05, 0.1) is 17.6 Å². The van der Waals surface area contributed by atoms with Crippen molar-refractivity contribution < 1.29 is 9.32 Å². The van der Waals surface area contributed by atoms with E-state index in [1.54, 1.807) is 13.3 Å². The normalized spacial score (nSPS) is 20.2. The summed E-state index contributed by atoms with van der Waals surface area (Å²) in [7, 11) is 2.05. The number of rotatable bonds is 3. The van der Waals surface area contributed by atoms with Crippen LogP contribution in [0.5, 0.6) is 0 Å². The molecule has 8 heteroatoms. The van der Waals surface area contributed by atoms with E-state index in [-0.39, 0.29) is 11.9 Å². The lowest BCUT2D eigenvalue weighted by Gasteiger charge is -2.42. The van der Waals surface area contributed by atoms with Crippen LogP contribution in [0.1, 0.15) is 35.0 Å². The molecule has 2 atom stereocenters. The third-order valence-corrected chi connectivity index (χ3v) is 5.67. The lowest BCUT2D eigenvalue weighted by Crippen LogP contribution is -2.53. The Morgan fingerprint density at radius 1 is 1.37 bits per heavy atom. The Morgan fingerprint density at radius 3 is 2.93 bits per heavy atom. The Morgan fingerprint density at radius 2 is 2.19 bits per heavy atom. The predicted molar refractivity (Wildman–Crippen MR) is 102 cm³/mol. The molecule has 1 saturated heterocycles. The molecule has 0 radical (unpaired) electrons. The first-order chi connectivity index (χ1) is 13.0. The van der Waals surface area contributed by atoms with E-state index in [2.05, 4.69) is 31.9 Å². The van der Waals surface area contributed by atoms with Crippen molar-refractivity contribution in [2.75, 3.05) is 25.0 Å². The Labute approximate surface area is 157 Å². The minimum atomic E-state index is -0.0234. The summed E-state index contributed by atoms with van der Waals surface area (Å²) in [6.07, 6.45) is 5.98. The van der Waals surface area contributed by atoms with E-state index in [1.165, 1.54) is 6.20 Å². The number of nitrogens with zero attached hydrogens (tertiary/aromatic N) is 5.